The summed E-state index contributed by atoms with van der Waals surface area (Å²) >= 11 is 0. The average Bonchev–Trinajstić information content (AvgIpc) is 2.88. The lowest BCUT2D eigenvalue weighted by atomic mass is 9.85. The minimum Gasteiger partial charge on any atom is -0.313 e. The molecule has 0 aliphatic rings. The van der Waals surface area contributed by atoms with Gasteiger partial charge in [-0.2, -0.15) is 0 Å². The number of benzene rings is 4. The summed E-state index contributed by atoms with van der Waals surface area (Å²) in [5.41, 5.74) is 3.79. The molecule has 0 saturated heterocycles. The second-order valence-electron chi connectivity index (χ2n) is 13.0. The van der Waals surface area contributed by atoms with E-state index in [-0.39, 0.29) is 11.6 Å². The second kappa shape index (κ2) is 11.7. The molecule has 4 aromatic carbocycles. The summed E-state index contributed by atoms with van der Waals surface area (Å²) in [5.74, 6) is 0.0186. The van der Waals surface area contributed by atoms with Crippen LogP contribution < -0.4 is 10.6 Å². The Morgan fingerprint density at radius 2 is 0.947 bits per heavy atom. The smallest absolute Gasteiger partial charge is 0.145 e. The lowest BCUT2D eigenvalue weighted by Crippen LogP contribution is -2.38. The van der Waals surface area contributed by atoms with Crippen LogP contribution in [0.25, 0.3) is 0 Å². The summed E-state index contributed by atoms with van der Waals surface area (Å²) in [6.07, 6.45) is 0. The van der Waals surface area contributed by atoms with Gasteiger partial charge < -0.3 is 4.57 Å². The minimum atomic E-state index is -2.99. The molecular formula is C34H43OPSi2. The maximum Gasteiger partial charge on any atom is 0.145 e. The van der Waals surface area contributed by atoms with Crippen molar-refractivity contribution in [1.29, 1.82) is 0 Å². The van der Waals surface area contributed by atoms with Crippen LogP contribution in [-0.2, 0) is 4.57 Å². The molecule has 0 aliphatic heterocycles. The van der Waals surface area contributed by atoms with E-state index < -0.39 is 23.3 Å². The summed E-state index contributed by atoms with van der Waals surface area (Å²) in [7, 11) is -6.03. The Hall–Kier alpha value is -2.46. The van der Waals surface area contributed by atoms with Crippen LogP contribution in [0.15, 0.2) is 115 Å². The first-order valence-corrected chi connectivity index (χ1v) is 23.0. The molecule has 0 aromatic heterocycles. The predicted molar refractivity (Wildman–Crippen MR) is 174 cm³/mol. The van der Waals surface area contributed by atoms with Crippen LogP contribution >= 0.6 is 7.14 Å². The molecule has 0 radical (unpaired) electrons. The molecule has 198 valence electrons. The van der Waals surface area contributed by atoms with E-state index in [0.29, 0.717) is 0 Å². The first-order valence-electron chi connectivity index (χ1n) is 13.8. The molecule has 38 heavy (non-hydrogen) atoms. The molecule has 0 aliphatic carbocycles. The molecule has 1 atom stereocenters. The van der Waals surface area contributed by atoms with E-state index in [1.807, 2.05) is 6.07 Å². The standard InChI is InChI=1S/C34H43OPSi2/c1-37(2,3)26-31(27-38(4,5)6)36(35,30-22-14-9-15-23-30)33-25-17-16-24-32(33)34(28-18-10-7-11-19-28)29-20-12-8-13-21-29/h7-25,31,34H,26-27H2,1-6H3. The van der Waals surface area contributed by atoms with Crippen LogP contribution in [0.2, 0.25) is 51.4 Å². The Morgan fingerprint density at radius 3 is 1.39 bits per heavy atom. The Morgan fingerprint density at radius 1 is 0.553 bits per heavy atom. The Balaban J connectivity index is 2.03. The van der Waals surface area contributed by atoms with Crippen molar-refractivity contribution in [2.45, 2.75) is 62.9 Å². The molecule has 0 bridgehead atoms. The summed E-state index contributed by atoms with van der Waals surface area (Å²) in [6.45, 7) is 14.6. The molecule has 0 fully saturated rings. The number of hydrogen-bond acceptors (Lipinski definition) is 1. The van der Waals surface area contributed by atoms with Gasteiger partial charge in [-0.05, 0) is 28.8 Å². The third-order valence-corrected chi connectivity index (χ3v) is 14.9. The first kappa shape index (κ1) is 28.5. The molecule has 0 saturated carbocycles. The third kappa shape index (κ3) is 6.75. The summed E-state index contributed by atoms with van der Waals surface area (Å²) in [5, 5.41) is 2.05. The van der Waals surface area contributed by atoms with Crippen molar-refractivity contribution in [2.24, 2.45) is 0 Å². The predicted octanol–water partition coefficient (Wildman–Crippen LogP) is 9.23. The maximum atomic E-state index is 16.1. The Labute approximate surface area is 232 Å². The van der Waals surface area contributed by atoms with E-state index in [0.717, 1.165) is 22.7 Å². The molecule has 4 heteroatoms. The lowest BCUT2D eigenvalue weighted by molar-refractivity contribution is 0.580. The van der Waals surface area contributed by atoms with Crippen LogP contribution in [0.1, 0.15) is 22.6 Å². The molecular weight excluding hydrogens is 512 g/mol. The molecule has 4 aromatic rings. The van der Waals surface area contributed by atoms with Gasteiger partial charge in [0.2, 0.25) is 0 Å². The van der Waals surface area contributed by atoms with Gasteiger partial charge in [0, 0.05) is 38.3 Å². The van der Waals surface area contributed by atoms with E-state index in [9.17, 15) is 0 Å². The summed E-state index contributed by atoms with van der Waals surface area (Å²) < 4.78 is 16.1. The first-order chi connectivity index (χ1) is 18.0. The van der Waals surface area contributed by atoms with Crippen LogP contribution in [-0.4, -0.2) is 21.8 Å². The van der Waals surface area contributed by atoms with Gasteiger partial charge >= 0.3 is 0 Å². The van der Waals surface area contributed by atoms with Gasteiger partial charge in [-0.25, -0.2) is 0 Å². The maximum absolute atomic E-state index is 16.1. The second-order valence-corrected chi connectivity index (χ2v) is 27.1. The monoisotopic (exact) mass is 554 g/mol. The van der Waals surface area contributed by atoms with Crippen molar-refractivity contribution >= 4 is 33.9 Å². The van der Waals surface area contributed by atoms with Crippen LogP contribution in [0.5, 0.6) is 0 Å². The van der Waals surface area contributed by atoms with Crippen LogP contribution in [0.3, 0.4) is 0 Å². The summed E-state index contributed by atoms with van der Waals surface area (Å²) in [4.78, 5) is 0. The molecule has 4 rings (SSSR count). The highest BCUT2D eigenvalue weighted by Crippen LogP contribution is 2.56. The zero-order valence-electron chi connectivity index (χ0n) is 23.9. The van der Waals surface area contributed by atoms with Crippen molar-refractivity contribution in [3.8, 4) is 0 Å². The van der Waals surface area contributed by atoms with E-state index >= 15 is 4.57 Å². The van der Waals surface area contributed by atoms with E-state index in [2.05, 4.69) is 148 Å². The van der Waals surface area contributed by atoms with Gasteiger partial charge in [-0.1, -0.05) is 155 Å². The zero-order valence-corrected chi connectivity index (χ0v) is 26.8. The SMILES string of the molecule is C[Si](C)(C)CC(C[Si](C)(C)C)P(=O)(c1ccccc1)c1ccccc1C(c1ccccc1)c1ccccc1. The highest BCUT2D eigenvalue weighted by atomic mass is 31.2. The molecule has 1 unspecified atom stereocenters. The van der Waals surface area contributed by atoms with Gasteiger partial charge in [0.05, 0.1) is 0 Å². The van der Waals surface area contributed by atoms with Crippen molar-refractivity contribution in [2.75, 3.05) is 0 Å². The van der Waals surface area contributed by atoms with Crippen LogP contribution in [0.4, 0.5) is 0 Å². The van der Waals surface area contributed by atoms with E-state index in [4.69, 9.17) is 0 Å². The quantitative estimate of drug-likeness (QED) is 0.108. The highest BCUT2D eigenvalue weighted by Gasteiger charge is 2.43. The fourth-order valence-corrected chi connectivity index (χ4v) is 17.2. The molecule has 0 amide bonds. The third-order valence-electron chi connectivity index (χ3n) is 7.22. The Kier molecular flexibility index (Phi) is 8.82. The lowest BCUT2D eigenvalue weighted by Gasteiger charge is -2.37. The van der Waals surface area contributed by atoms with Gasteiger partial charge in [-0.3, -0.25) is 0 Å². The Bertz CT molecular complexity index is 1300. The zero-order chi connectivity index (χ0) is 27.4. The fraction of sp³-hybridized carbons (Fsp3) is 0.294. The van der Waals surface area contributed by atoms with E-state index in [1.54, 1.807) is 0 Å². The highest BCUT2D eigenvalue weighted by molar-refractivity contribution is 7.79. The van der Waals surface area contributed by atoms with Crippen LogP contribution in [0, 0.1) is 0 Å². The number of rotatable bonds is 10. The number of hydrogen-bond donors (Lipinski definition) is 0. The summed E-state index contributed by atoms with van der Waals surface area (Å²) in [6, 6.07) is 42.7. The van der Waals surface area contributed by atoms with Gasteiger partial charge in [0.1, 0.15) is 7.14 Å². The topological polar surface area (TPSA) is 17.1 Å². The molecule has 0 N–H and O–H groups in total. The van der Waals surface area contributed by atoms with Crippen molar-refractivity contribution < 1.29 is 4.57 Å². The minimum absolute atomic E-state index is 0.0186. The molecule has 1 nitrogen and oxygen atoms in total. The van der Waals surface area contributed by atoms with Gasteiger partial charge in [0.25, 0.3) is 0 Å². The van der Waals surface area contributed by atoms with Crippen molar-refractivity contribution in [1.82, 2.24) is 0 Å². The largest absolute Gasteiger partial charge is 0.313 e. The van der Waals surface area contributed by atoms with Gasteiger partial charge in [0.15, 0.2) is 0 Å². The van der Waals surface area contributed by atoms with Crippen molar-refractivity contribution in [3.05, 3.63) is 132 Å². The molecule has 0 heterocycles. The fourth-order valence-electron chi connectivity index (χ4n) is 5.82. The van der Waals surface area contributed by atoms with E-state index in [1.165, 1.54) is 16.7 Å². The molecule has 0 spiro atoms. The normalized spacial score (nSPS) is 14.0. The van der Waals surface area contributed by atoms with Crippen molar-refractivity contribution in [3.63, 3.8) is 0 Å². The average molecular weight is 555 g/mol. The van der Waals surface area contributed by atoms with Gasteiger partial charge in [-0.15, -0.1) is 0 Å².